The first-order valence-electron chi connectivity index (χ1n) is 3.73. The fraction of sp³-hybridized carbons (Fsp3) is 0.125. The molecule has 1 aromatic heterocycles. The van der Waals surface area contributed by atoms with E-state index in [1.165, 1.54) is 11.4 Å². The second-order valence-corrected chi connectivity index (χ2v) is 5.10. The fourth-order valence-corrected chi connectivity index (χ4v) is 3.07. The second kappa shape index (κ2) is 4.44. The summed E-state index contributed by atoms with van der Waals surface area (Å²) >= 11 is 0.848. The van der Waals surface area contributed by atoms with E-state index in [0.29, 0.717) is 0 Å². The van der Waals surface area contributed by atoms with Crippen LogP contribution in [0.2, 0.25) is 0 Å². The van der Waals surface area contributed by atoms with Crippen molar-refractivity contribution in [1.82, 2.24) is 4.72 Å². The first-order valence-corrected chi connectivity index (χ1v) is 6.09. The molecule has 1 rings (SSSR count). The Morgan fingerprint density at radius 1 is 1.67 bits per heavy atom. The second-order valence-electron chi connectivity index (χ2n) is 2.45. The predicted molar refractivity (Wildman–Crippen MR) is 55.3 cm³/mol. The van der Waals surface area contributed by atoms with E-state index in [1.54, 1.807) is 0 Å². The van der Waals surface area contributed by atoms with Crippen molar-refractivity contribution in [3.05, 3.63) is 16.3 Å². The number of aromatic carboxylic acids is 1. The van der Waals surface area contributed by atoms with Gasteiger partial charge in [0.2, 0.25) is 10.0 Å². The lowest BCUT2D eigenvalue weighted by Crippen LogP contribution is -2.24. The highest BCUT2D eigenvalue weighted by atomic mass is 32.2. The molecule has 5 nitrogen and oxygen atoms in total. The van der Waals surface area contributed by atoms with Gasteiger partial charge in [-0.15, -0.1) is 17.8 Å². The van der Waals surface area contributed by atoms with Crippen molar-refractivity contribution in [3.63, 3.8) is 0 Å². The van der Waals surface area contributed by atoms with Crippen LogP contribution in [0.4, 0.5) is 0 Å². The Balaban J connectivity index is 3.11. The lowest BCUT2D eigenvalue weighted by molar-refractivity contribution is 0.0698. The Hall–Kier alpha value is -1.36. The molecule has 0 aromatic carbocycles. The van der Waals surface area contributed by atoms with Crippen LogP contribution in [0, 0.1) is 12.3 Å². The van der Waals surface area contributed by atoms with Crippen molar-refractivity contribution in [3.8, 4) is 12.3 Å². The molecule has 0 unspecified atom stereocenters. The number of sulfonamides is 1. The maximum atomic E-state index is 11.5. The van der Waals surface area contributed by atoms with E-state index in [1.807, 2.05) is 0 Å². The van der Waals surface area contributed by atoms with Gasteiger partial charge in [-0.2, -0.15) is 4.72 Å². The molecule has 0 spiro atoms. The van der Waals surface area contributed by atoms with Gasteiger partial charge in [0.15, 0.2) is 0 Å². The van der Waals surface area contributed by atoms with Gasteiger partial charge in [-0.05, 0) is 11.4 Å². The number of rotatable bonds is 4. The smallest absolute Gasteiger partial charge is 0.347 e. The maximum absolute atomic E-state index is 11.5. The van der Waals surface area contributed by atoms with E-state index in [4.69, 9.17) is 11.5 Å². The molecule has 0 aliphatic heterocycles. The van der Waals surface area contributed by atoms with Gasteiger partial charge in [0.25, 0.3) is 0 Å². The van der Waals surface area contributed by atoms with E-state index in [2.05, 4.69) is 10.6 Å². The molecule has 0 saturated heterocycles. The largest absolute Gasteiger partial charge is 0.477 e. The number of hydrogen-bond donors (Lipinski definition) is 2. The third kappa shape index (κ3) is 2.56. The quantitative estimate of drug-likeness (QED) is 0.750. The van der Waals surface area contributed by atoms with Crippen LogP contribution in [0.1, 0.15) is 9.67 Å². The number of carboxylic acids is 1. The summed E-state index contributed by atoms with van der Waals surface area (Å²) in [5.74, 6) is 0.828. The van der Waals surface area contributed by atoms with Crippen LogP contribution in [-0.4, -0.2) is 26.0 Å². The molecule has 0 atom stereocenters. The number of terminal acetylenes is 1. The zero-order valence-electron chi connectivity index (χ0n) is 7.43. The van der Waals surface area contributed by atoms with Gasteiger partial charge < -0.3 is 5.11 Å². The standard InChI is InChI=1S/C8H7NO4S2/c1-2-4-9-15(12,13)6-3-5-14-7(6)8(10)11/h1,3,5,9H,4H2,(H,10,11). The number of carboxylic acid groups (broad SMARTS) is 1. The van der Waals surface area contributed by atoms with E-state index >= 15 is 0 Å². The average molecular weight is 245 g/mol. The fourth-order valence-electron chi connectivity index (χ4n) is 0.879. The topological polar surface area (TPSA) is 83.5 Å². The first-order chi connectivity index (χ1) is 6.99. The van der Waals surface area contributed by atoms with Gasteiger partial charge >= 0.3 is 5.97 Å². The van der Waals surface area contributed by atoms with E-state index in [0.717, 1.165) is 11.3 Å². The van der Waals surface area contributed by atoms with Crippen LogP contribution in [0.25, 0.3) is 0 Å². The Kier molecular flexibility index (Phi) is 3.47. The number of thiophene rings is 1. The van der Waals surface area contributed by atoms with Gasteiger partial charge in [0.1, 0.15) is 9.77 Å². The molecule has 0 amide bonds. The Bertz CT molecular complexity index is 509. The molecule has 0 bridgehead atoms. The highest BCUT2D eigenvalue weighted by Gasteiger charge is 2.22. The molecule has 0 radical (unpaired) electrons. The van der Waals surface area contributed by atoms with Gasteiger partial charge in [0, 0.05) is 0 Å². The Labute approximate surface area is 90.8 Å². The summed E-state index contributed by atoms with van der Waals surface area (Å²) in [4.78, 5) is 10.2. The summed E-state index contributed by atoms with van der Waals surface area (Å²) in [5.41, 5.74) is 0. The summed E-state index contributed by atoms with van der Waals surface area (Å²) < 4.78 is 25.1. The van der Waals surface area contributed by atoms with Crippen molar-refractivity contribution in [2.75, 3.05) is 6.54 Å². The predicted octanol–water partition coefficient (Wildman–Crippen LogP) is 0.358. The molecule has 0 fully saturated rings. The SMILES string of the molecule is C#CCNS(=O)(=O)c1ccsc1C(=O)O. The molecule has 15 heavy (non-hydrogen) atoms. The van der Waals surface area contributed by atoms with Crippen molar-refractivity contribution in [2.45, 2.75) is 4.90 Å². The number of nitrogens with one attached hydrogen (secondary N) is 1. The number of carbonyl (C=O) groups is 1. The molecule has 0 saturated carbocycles. The summed E-state index contributed by atoms with van der Waals surface area (Å²) in [6, 6.07) is 1.23. The molecule has 80 valence electrons. The lowest BCUT2D eigenvalue weighted by Gasteiger charge is -2.02. The summed E-state index contributed by atoms with van der Waals surface area (Å²) in [6.45, 7) is -0.169. The van der Waals surface area contributed by atoms with Gasteiger partial charge in [-0.3, -0.25) is 0 Å². The van der Waals surface area contributed by atoms with Crippen molar-refractivity contribution in [1.29, 1.82) is 0 Å². The minimum Gasteiger partial charge on any atom is -0.477 e. The van der Waals surface area contributed by atoms with Crippen LogP contribution < -0.4 is 4.72 Å². The summed E-state index contributed by atoms with van der Waals surface area (Å²) in [7, 11) is -3.82. The minimum absolute atomic E-state index is 0.169. The molecule has 1 aromatic rings. The van der Waals surface area contributed by atoms with Crippen molar-refractivity contribution < 1.29 is 18.3 Å². The first kappa shape index (κ1) is 11.7. The van der Waals surface area contributed by atoms with Crippen LogP contribution in [0.3, 0.4) is 0 Å². The highest BCUT2D eigenvalue weighted by molar-refractivity contribution is 7.89. The van der Waals surface area contributed by atoms with E-state index in [9.17, 15) is 13.2 Å². The van der Waals surface area contributed by atoms with E-state index < -0.39 is 16.0 Å². The summed E-state index contributed by atoms with van der Waals surface area (Å²) in [6.07, 6.45) is 4.90. The minimum atomic E-state index is -3.82. The molecular formula is C8H7NO4S2. The third-order valence-corrected chi connectivity index (χ3v) is 3.95. The molecule has 7 heteroatoms. The molecule has 0 aliphatic carbocycles. The number of hydrogen-bond acceptors (Lipinski definition) is 4. The van der Waals surface area contributed by atoms with E-state index in [-0.39, 0.29) is 16.3 Å². The molecule has 2 N–H and O–H groups in total. The van der Waals surface area contributed by atoms with Crippen LogP contribution in [0.5, 0.6) is 0 Å². The van der Waals surface area contributed by atoms with Gasteiger partial charge in [0.05, 0.1) is 6.54 Å². The summed E-state index contributed by atoms with van der Waals surface area (Å²) in [5, 5.41) is 10.1. The molecule has 1 heterocycles. The molecule has 0 aliphatic rings. The van der Waals surface area contributed by atoms with Crippen LogP contribution in [-0.2, 0) is 10.0 Å². The van der Waals surface area contributed by atoms with Crippen molar-refractivity contribution >= 4 is 27.3 Å². The Morgan fingerprint density at radius 2 is 2.33 bits per heavy atom. The molecular weight excluding hydrogens is 238 g/mol. The highest BCUT2D eigenvalue weighted by Crippen LogP contribution is 2.21. The maximum Gasteiger partial charge on any atom is 0.347 e. The Morgan fingerprint density at radius 3 is 2.87 bits per heavy atom. The third-order valence-electron chi connectivity index (χ3n) is 1.48. The zero-order valence-corrected chi connectivity index (χ0v) is 9.06. The normalized spacial score (nSPS) is 10.9. The van der Waals surface area contributed by atoms with Crippen LogP contribution in [0.15, 0.2) is 16.3 Å². The van der Waals surface area contributed by atoms with Crippen LogP contribution >= 0.6 is 11.3 Å². The zero-order chi connectivity index (χ0) is 11.5. The average Bonchev–Trinajstić information content (AvgIpc) is 2.63. The van der Waals surface area contributed by atoms with Gasteiger partial charge in [-0.25, -0.2) is 13.2 Å². The lowest BCUT2D eigenvalue weighted by atomic mass is 10.5. The monoisotopic (exact) mass is 245 g/mol. The van der Waals surface area contributed by atoms with Crippen molar-refractivity contribution in [2.24, 2.45) is 0 Å². The van der Waals surface area contributed by atoms with Gasteiger partial charge in [-0.1, -0.05) is 5.92 Å².